The average Bonchev–Trinajstić information content (AvgIpc) is 3.17. The molecule has 0 bridgehead atoms. The largest absolute Gasteiger partial charge is 0.339 e. The van der Waals surface area contributed by atoms with Gasteiger partial charge in [0.25, 0.3) is 5.91 Å². The number of rotatable bonds is 5. The summed E-state index contributed by atoms with van der Waals surface area (Å²) in [6, 6.07) is 7.28. The van der Waals surface area contributed by atoms with Crippen LogP contribution in [-0.2, 0) is 4.79 Å². The molecular weight excluding hydrogens is 350 g/mol. The van der Waals surface area contributed by atoms with Crippen LogP contribution in [0, 0.1) is 11.8 Å². The van der Waals surface area contributed by atoms with E-state index in [4.69, 9.17) is 0 Å². The van der Waals surface area contributed by atoms with Gasteiger partial charge in [-0.2, -0.15) is 0 Å². The van der Waals surface area contributed by atoms with Gasteiger partial charge in [0.15, 0.2) is 0 Å². The number of carbonyl (C=O) groups is 2. The van der Waals surface area contributed by atoms with Crippen molar-refractivity contribution in [2.75, 3.05) is 31.5 Å². The predicted octanol–water partition coefficient (Wildman–Crippen LogP) is 3.31. The second-order valence-electron chi connectivity index (χ2n) is 7.39. The molecule has 2 amide bonds. The number of amides is 2. The third kappa shape index (κ3) is 5.45. The summed E-state index contributed by atoms with van der Waals surface area (Å²) in [4.78, 5) is 26.5. The first-order chi connectivity index (χ1) is 12.1. The van der Waals surface area contributed by atoms with Crippen LogP contribution < -0.4 is 10.6 Å². The van der Waals surface area contributed by atoms with Crippen LogP contribution in [0.1, 0.15) is 49.4 Å². The molecule has 2 aliphatic heterocycles. The molecule has 6 heteroatoms. The quantitative estimate of drug-likeness (QED) is 0.825. The maximum Gasteiger partial charge on any atom is 0.253 e. The van der Waals surface area contributed by atoms with Gasteiger partial charge in [-0.1, -0.05) is 6.92 Å². The molecule has 2 heterocycles. The van der Waals surface area contributed by atoms with E-state index >= 15 is 0 Å². The molecule has 2 aliphatic rings. The zero-order valence-electron chi connectivity index (χ0n) is 15.5. The topological polar surface area (TPSA) is 61.4 Å². The Morgan fingerprint density at radius 2 is 1.77 bits per heavy atom. The van der Waals surface area contributed by atoms with Crippen molar-refractivity contribution in [1.29, 1.82) is 0 Å². The molecular formula is C20H30ClN3O2. The molecule has 3 rings (SSSR count). The molecule has 1 aromatic rings. The number of hydrogen-bond donors (Lipinski definition) is 2. The Balaban J connectivity index is 0.00000243. The summed E-state index contributed by atoms with van der Waals surface area (Å²) >= 11 is 0. The molecule has 0 radical (unpaired) electrons. The van der Waals surface area contributed by atoms with E-state index in [1.807, 2.05) is 29.2 Å². The Labute approximate surface area is 162 Å². The summed E-state index contributed by atoms with van der Waals surface area (Å²) in [6.07, 6.45) is 5.05. The monoisotopic (exact) mass is 379 g/mol. The lowest BCUT2D eigenvalue weighted by atomic mass is 9.84. The number of anilines is 1. The molecule has 2 fully saturated rings. The lowest BCUT2D eigenvalue weighted by Gasteiger charge is -2.27. The minimum atomic E-state index is 0. The highest BCUT2D eigenvalue weighted by Gasteiger charge is 2.22. The SMILES string of the molecule is CC(CC(=O)Nc1ccc(C(=O)N2CCCC2)cc1)C1CCNCC1.Cl. The maximum atomic E-state index is 12.3. The fourth-order valence-electron chi connectivity index (χ4n) is 3.88. The summed E-state index contributed by atoms with van der Waals surface area (Å²) < 4.78 is 0. The van der Waals surface area contributed by atoms with Gasteiger partial charge in [0.2, 0.25) is 5.91 Å². The van der Waals surface area contributed by atoms with Crippen LogP contribution in [0.5, 0.6) is 0 Å². The van der Waals surface area contributed by atoms with Gasteiger partial charge in [0.05, 0.1) is 0 Å². The molecule has 0 aliphatic carbocycles. The number of benzene rings is 1. The Morgan fingerprint density at radius 1 is 1.15 bits per heavy atom. The van der Waals surface area contributed by atoms with Gasteiger partial charge in [0.1, 0.15) is 0 Å². The lowest BCUT2D eigenvalue weighted by molar-refractivity contribution is -0.117. The van der Waals surface area contributed by atoms with Crippen LogP contribution in [0.2, 0.25) is 0 Å². The smallest absolute Gasteiger partial charge is 0.253 e. The fraction of sp³-hybridized carbons (Fsp3) is 0.600. The van der Waals surface area contributed by atoms with Crippen LogP contribution >= 0.6 is 12.4 Å². The molecule has 5 nitrogen and oxygen atoms in total. The first kappa shape index (κ1) is 20.7. The molecule has 144 valence electrons. The van der Waals surface area contributed by atoms with Crippen molar-refractivity contribution < 1.29 is 9.59 Å². The summed E-state index contributed by atoms with van der Waals surface area (Å²) in [6.45, 7) is 6.00. The van der Waals surface area contributed by atoms with Crippen LogP contribution in [0.3, 0.4) is 0 Å². The maximum absolute atomic E-state index is 12.3. The Hall–Kier alpha value is -1.59. The van der Waals surface area contributed by atoms with E-state index in [2.05, 4.69) is 17.6 Å². The summed E-state index contributed by atoms with van der Waals surface area (Å²) in [7, 11) is 0. The Kier molecular flexibility index (Phi) is 7.91. The summed E-state index contributed by atoms with van der Waals surface area (Å²) in [5.74, 6) is 1.19. The molecule has 2 saturated heterocycles. The number of hydrogen-bond acceptors (Lipinski definition) is 3. The van der Waals surface area contributed by atoms with E-state index in [-0.39, 0.29) is 24.2 Å². The van der Waals surface area contributed by atoms with E-state index in [0.717, 1.165) is 57.5 Å². The molecule has 1 atom stereocenters. The van der Waals surface area contributed by atoms with Crippen molar-refractivity contribution in [2.24, 2.45) is 11.8 Å². The fourth-order valence-corrected chi connectivity index (χ4v) is 3.88. The molecule has 0 aromatic heterocycles. The summed E-state index contributed by atoms with van der Waals surface area (Å²) in [5, 5.41) is 6.33. The van der Waals surface area contributed by atoms with Crippen LogP contribution in [-0.4, -0.2) is 42.9 Å². The van der Waals surface area contributed by atoms with Crippen molar-refractivity contribution in [2.45, 2.75) is 39.0 Å². The van der Waals surface area contributed by atoms with E-state index in [1.54, 1.807) is 0 Å². The predicted molar refractivity (Wildman–Crippen MR) is 107 cm³/mol. The van der Waals surface area contributed by atoms with Gasteiger partial charge in [0, 0.05) is 30.8 Å². The highest BCUT2D eigenvalue weighted by atomic mass is 35.5. The molecule has 2 N–H and O–H groups in total. The molecule has 0 spiro atoms. The van der Waals surface area contributed by atoms with Gasteiger partial charge in [-0.15, -0.1) is 12.4 Å². The zero-order chi connectivity index (χ0) is 17.6. The number of carbonyl (C=O) groups excluding carboxylic acids is 2. The van der Waals surface area contributed by atoms with Gasteiger partial charge in [-0.05, 0) is 74.9 Å². The van der Waals surface area contributed by atoms with E-state index in [0.29, 0.717) is 23.8 Å². The van der Waals surface area contributed by atoms with Crippen molar-refractivity contribution >= 4 is 29.9 Å². The van der Waals surface area contributed by atoms with Crippen LogP contribution in [0.25, 0.3) is 0 Å². The number of piperidine rings is 1. The number of nitrogens with zero attached hydrogens (tertiary/aromatic N) is 1. The second-order valence-corrected chi connectivity index (χ2v) is 7.39. The highest BCUT2D eigenvalue weighted by molar-refractivity contribution is 5.96. The van der Waals surface area contributed by atoms with E-state index in [9.17, 15) is 9.59 Å². The molecule has 26 heavy (non-hydrogen) atoms. The number of likely N-dealkylation sites (tertiary alicyclic amines) is 1. The average molecular weight is 380 g/mol. The summed E-state index contributed by atoms with van der Waals surface area (Å²) in [5.41, 5.74) is 1.46. The van der Waals surface area contributed by atoms with E-state index in [1.165, 1.54) is 0 Å². The lowest BCUT2D eigenvalue weighted by Crippen LogP contribution is -2.32. The standard InChI is InChI=1S/C20H29N3O2.ClH/c1-15(16-8-10-21-11-9-16)14-19(24)22-18-6-4-17(5-7-18)20(25)23-12-2-3-13-23;/h4-7,15-16,21H,2-3,8-14H2,1H3,(H,22,24);1H. The minimum absolute atomic E-state index is 0. The third-order valence-electron chi connectivity index (χ3n) is 5.50. The zero-order valence-corrected chi connectivity index (χ0v) is 16.3. The Bertz CT molecular complexity index is 594. The molecule has 0 saturated carbocycles. The molecule has 1 unspecified atom stereocenters. The van der Waals surface area contributed by atoms with Gasteiger partial charge < -0.3 is 15.5 Å². The van der Waals surface area contributed by atoms with Crippen LogP contribution in [0.4, 0.5) is 5.69 Å². The van der Waals surface area contributed by atoms with Gasteiger partial charge >= 0.3 is 0 Å². The number of halogens is 1. The second kappa shape index (κ2) is 9.93. The normalized spacial score (nSPS) is 18.9. The number of nitrogens with one attached hydrogen (secondary N) is 2. The van der Waals surface area contributed by atoms with Crippen molar-refractivity contribution in [1.82, 2.24) is 10.2 Å². The van der Waals surface area contributed by atoms with Crippen LogP contribution in [0.15, 0.2) is 24.3 Å². The van der Waals surface area contributed by atoms with Gasteiger partial charge in [-0.25, -0.2) is 0 Å². The minimum Gasteiger partial charge on any atom is -0.339 e. The highest BCUT2D eigenvalue weighted by Crippen LogP contribution is 2.25. The van der Waals surface area contributed by atoms with Crippen molar-refractivity contribution in [3.63, 3.8) is 0 Å². The molecule has 1 aromatic carbocycles. The van der Waals surface area contributed by atoms with E-state index < -0.39 is 0 Å². The Morgan fingerprint density at radius 3 is 2.38 bits per heavy atom. The van der Waals surface area contributed by atoms with Crippen molar-refractivity contribution in [3.8, 4) is 0 Å². The van der Waals surface area contributed by atoms with Crippen molar-refractivity contribution in [3.05, 3.63) is 29.8 Å². The third-order valence-corrected chi connectivity index (χ3v) is 5.50. The first-order valence-electron chi connectivity index (χ1n) is 9.53. The van der Waals surface area contributed by atoms with Gasteiger partial charge in [-0.3, -0.25) is 9.59 Å². The first-order valence-corrected chi connectivity index (χ1v) is 9.53.